The summed E-state index contributed by atoms with van der Waals surface area (Å²) in [7, 11) is 0. The molecule has 0 aromatic heterocycles. The van der Waals surface area contributed by atoms with Gasteiger partial charge in [0.1, 0.15) is 6.42 Å². The summed E-state index contributed by atoms with van der Waals surface area (Å²) in [6.07, 6.45) is -0.130. The van der Waals surface area contributed by atoms with Crippen LogP contribution in [0.2, 0.25) is 0 Å². The number of imide groups is 1. The Morgan fingerprint density at radius 2 is 1.46 bits per heavy atom. The van der Waals surface area contributed by atoms with E-state index in [1.807, 2.05) is 50.2 Å². The van der Waals surface area contributed by atoms with Crippen molar-refractivity contribution in [3.05, 3.63) is 71.8 Å². The van der Waals surface area contributed by atoms with Crippen molar-refractivity contribution in [2.45, 2.75) is 39.8 Å². The van der Waals surface area contributed by atoms with E-state index in [1.54, 1.807) is 24.3 Å². The van der Waals surface area contributed by atoms with Gasteiger partial charge in [0.2, 0.25) is 17.6 Å². The van der Waals surface area contributed by atoms with Crippen molar-refractivity contribution in [2.75, 3.05) is 13.1 Å². The van der Waals surface area contributed by atoms with Gasteiger partial charge in [0.05, 0.1) is 6.54 Å². The highest BCUT2D eigenvalue weighted by molar-refractivity contribution is 6.37. The SMILES string of the molecule is CC(C)CCN(C(=O)CC(N)=O)C(=O)N(CC(=O)C(=O)NCc1ccccc1)Cc1ccccc1. The van der Waals surface area contributed by atoms with Crippen molar-refractivity contribution in [1.82, 2.24) is 15.1 Å². The molecule has 2 aromatic rings. The van der Waals surface area contributed by atoms with E-state index in [2.05, 4.69) is 5.32 Å². The van der Waals surface area contributed by atoms with Crippen LogP contribution in [0.25, 0.3) is 0 Å². The number of Topliss-reactive ketones (excluding diaryl/α,β-unsaturated/α-hetero) is 1. The Hall–Kier alpha value is -4.01. The van der Waals surface area contributed by atoms with E-state index >= 15 is 0 Å². The van der Waals surface area contributed by atoms with Crippen molar-refractivity contribution in [3.8, 4) is 0 Å². The van der Waals surface area contributed by atoms with Gasteiger partial charge in [-0.25, -0.2) is 4.79 Å². The number of nitrogens with zero attached hydrogens (tertiary/aromatic N) is 2. The van der Waals surface area contributed by atoms with Crippen LogP contribution in [-0.4, -0.2) is 52.4 Å². The number of nitrogens with one attached hydrogen (secondary N) is 1. The molecule has 0 unspecified atom stereocenters. The molecule has 0 aliphatic rings. The third-order valence-corrected chi connectivity index (χ3v) is 5.16. The zero-order valence-electron chi connectivity index (χ0n) is 20.1. The molecule has 0 saturated carbocycles. The zero-order valence-corrected chi connectivity index (χ0v) is 20.1. The lowest BCUT2D eigenvalue weighted by atomic mass is 10.1. The molecule has 186 valence electrons. The molecule has 0 aliphatic heterocycles. The highest BCUT2D eigenvalue weighted by atomic mass is 16.2. The van der Waals surface area contributed by atoms with Gasteiger partial charge in [-0.1, -0.05) is 74.5 Å². The first-order valence-corrected chi connectivity index (χ1v) is 11.4. The Balaban J connectivity index is 2.20. The van der Waals surface area contributed by atoms with Crippen LogP contribution in [0.1, 0.15) is 37.8 Å². The topological polar surface area (TPSA) is 130 Å². The number of carbonyl (C=O) groups is 5. The molecular formula is C26H32N4O5. The van der Waals surface area contributed by atoms with Crippen molar-refractivity contribution in [2.24, 2.45) is 11.7 Å². The lowest BCUT2D eigenvalue weighted by molar-refractivity contribution is -0.138. The van der Waals surface area contributed by atoms with Crippen LogP contribution >= 0.6 is 0 Å². The minimum absolute atomic E-state index is 0.000587. The Morgan fingerprint density at radius 3 is 2.00 bits per heavy atom. The van der Waals surface area contributed by atoms with Gasteiger partial charge in [0.25, 0.3) is 5.91 Å². The molecule has 3 N–H and O–H groups in total. The van der Waals surface area contributed by atoms with Gasteiger partial charge in [-0.3, -0.25) is 24.1 Å². The number of carbonyl (C=O) groups excluding carboxylic acids is 5. The Bertz CT molecular complexity index is 1020. The number of benzene rings is 2. The van der Waals surface area contributed by atoms with Gasteiger partial charge in [0, 0.05) is 19.6 Å². The number of primary amides is 1. The average Bonchev–Trinajstić information content (AvgIpc) is 2.82. The van der Waals surface area contributed by atoms with Gasteiger partial charge >= 0.3 is 6.03 Å². The molecule has 2 aromatic carbocycles. The molecule has 0 fully saturated rings. The van der Waals surface area contributed by atoms with Crippen molar-refractivity contribution in [3.63, 3.8) is 0 Å². The summed E-state index contributed by atoms with van der Waals surface area (Å²) in [6, 6.07) is 17.2. The third kappa shape index (κ3) is 9.40. The summed E-state index contributed by atoms with van der Waals surface area (Å²) in [5.41, 5.74) is 6.70. The summed E-state index contributed by atoms with van der Waals surface area (Å²) >= 11 is 0. The van der Waals surface area contributed by atoms with Crippen LogP contribution in [-0.2, 0) is 32.3 Å². The molecule has 0 atom stereocenters. The molecule has 0 heterocycles. The van der Waals surface area contributed by atoms with E-state index < -0.39 is 42.5 Å². The lowest BCUT2D eigenvalue weighted by Crippen LogP contribution is -2.50. The highest BCUT2D eigenvalue weighted by Gasteiger charge is 2.30. The van der Waals surface area contributed by atoms with E-state index in [1.165, 1.54) is 0 Å². The maximum absolute atomic E-state index is 13.4. The van der Waals surface area contributed by atoms with E-state index in [0.29, 0.717) is 12.0 Å². The molecule has 0 radical (unpaired) electrons. The zero-order chi connectivity index (χ0) is 25.8. The van der Waals surface area contributed by atoms with E-state index in [4.69, 9.17) is 5.73 Å². The molecule has 9 heteroatoms. The maximum atomic E-state index is 13.4. The van der Waals surface area contributed by atoms with Gasteiger partial charge in [-0.2, -0.15) is 0 Å². The molecule has 35 heavy (non-hydrogen) atoms. The fourth-order valence-corrected chi connectivity index (χ4v) is 3.25. The van der Waals surface area contributed by atoms with Crippen molar-refractivity contribution in [1.29, 1.82) is 0 Å². The Morgan fingerprint density at radius 1 is 0.886 bits per heavy atom. The van der Waals surface area contributed by atoms with Crippen LogP contribution in [0.15, 0.2) is 60.7 Å². The summed E-state index contributed by atoms with van der Waals surface area (Å²) in [5.74, 6) is -3.08. The van der Waals surface area contributed by atoms with Gasteiger partial charge in [-0.05, 0) is 23.5 Å². The highest BCUT2D eigenvalue weighted by Crippen LogP contribution is 2.12. The number of ketones is 1. The Labute approximate surface area is 205 Å². The first-order valence-electron chi connectivity index (χ1n) is 11.4. The molecule has 0 aliphatic carbocycles. The van der Waals surface area contributed by atoms with Crippen LogP contribution in [0.5, 0.6) is 0 Å². The number of hydrogen-bond acceptors (Lipinski definition) is 5. The van der Waals surface area contributed by atoms with Crippen LogP contribution in [0.4, 0.5) is 4.79 Å². The van der Waals surface area contributed by atoms with Gasteiger partial charge in [0.15, 0.2) is 0 Å². The van der Waals surface area contributed by atoms with E-state index in [-0.39, 0.29) is 25.6 Å². The molecule has 0 spiro atoms. The van der Waals surface area contributed by atoms with Crippen molar-refractivity contribution < 1.29 is 24.0 Å². The monoisotopic (exact) mass is 480 g/mol. The molecular weight excluding hydrogens is 448 g/mol. The molecule has 5 amide bonds. The van der Waals surface area contributed by atoms with E-state index in [9.17, 15) is 24.0 Å². The Kier molecular flexibility index (Phi) is 10.6. The van der Waals surface area contributed by atoms with Crippen molar-refractivity contribution >= 4 is 29.5 Å². The minimum Gasteiger partial charge on any atom is -0.369 e. The van der Waals surface area contributed by atoms with Gasteiger partial charge < -0.3 is 16.0 Å². The summed E-state index contributed by atoms with van der Waals surface area (Å²) in [6.45, 7) is 3.56. The van der Waals surface area contributed by atoms with Crippen LogP contribution < -0.4 is 11.1 Å². The second kappa shape index (κ2) is 13.6. The fraction of sp³-hybridized carbons (Fsp3) is 0.346. The number of nitrogens with two attached hydrogens (primary N) is 1. The normalized spacial score (nSPS) is 10.5. The first-order chi connectivity index (χ1) is 16.7. The second-order valence-electron chi connectivity index (χ2n) is 8.59. The fourth-order valence-electron chi connectivity index (χ4n) is 3.25. The second-order valence-corrected chi connectivity index (χ2v) is 8.59. The molecule has 0 saturated heterocycles. The minimum atomic E-state index is -0.858. The van der Waals surface area contributed by atoms with Crippen LogP contribution in [0, 0.1) is 5.92 Å². The summed E-state index contributed by atoms with van der Waals surface area (Å²) < 4.78 is 0. The number of rotatable bonds is 12. The smallest absolute Gasteiger partial charge is 0.327 e. The quantitative estimate of drug-likeness (QED) is 0.355. The predicted molar refractivity (Wildman–Crippen MR) is 131 cm³/mol. The number of amides is 5. The standard InChI is InChI=1S/C26H32N4O5/c1-19(2)13-14-30(24(33)15-23(27)32)26(35)29(17-21-11-7-4-8-12-21)18-22(31)25(34)28-16-20-9-5-3-6-10-20/h3-12,19H,13-18H2,1-2H3,(H2,27,32)(H,28,34). The first kappa shape index (κ1) is 27.2. The summed E-state index contributed by atoms with van der Waals surface area (Å²) in [5, 5.41) is 2.56. The van der Waals surface area contributed by atoms with Gasteiger partial charge in [-0.15, -0.1) is 0 Å². The largest absolute Gasteiger partial charge is 0.369 e. The molecule has 9 nitrogen and oxygen atoms in total. The molecule has 2 rings (SSSR count). The van der Waals surface area contributed by atoms with E-state index in [0.717, 1.165) is 15.4 Å². The average molecular weight is 481 g/mol. The number of hydrogen-bond donors (Lipinski definition) is 2. The summed E-state index contributed by atoms with van der Waals surface area (Å²) in [4.78, 5) is 64.7. The lowest BCUT2D eigenvalue weighted by Gasteiger charge is -2.29. The predicted octanol–water partition coefficient (Wildman–Crippen LogP) is 2.24. The number of urea groups is 1. The van der Waals surface area contributed by atoms with Crippen LogP contribution in [0.3, 0.4) is 0 Å². The molecule has 0 bridgehead atoms. The third-order valence-electron chi connectivity index (χ3n) is 5.16. The maximum Gasteiger partial charge on any atom is 0.327 e.